The van der Waals surface area contributed by atoms with Gasteiger partial charge in [0.15, 0.2) is 0 Å². The minimum atomic E-state index is -1.42. The highest BCUT2D eigenvalue weighted by Crippen LogP contribution is 2.18. The molecule has 0 unspecified atom stereocenters. The molecule has 2 amide bonds. The van der Waals surface area contributed by atoms with E-state index in [1.54, 1.807) is 0 Å². The summed E-state index contributed by atoms with van der Waals surface area (Å²) >= 11 is 0. The van der Waals surface area contributed by atoms with Crippen LogP contribution in [0, 0.1) is 5.82 Å². The molecule has 0 fully saturated rings. The van der Waals surface area contributed by atoms with E-state index >= 15 is 0 Å². The van der Waals surface area contributed by atoms with Gasteiger partial charge >= 0.3 is 12.0 Å². The van der Waals surface area contributed by atoms with Crippen LogP contribution in [0.5, 0.6) is 0 Å². The summed E-state index contributed by atoms with van der Waals surface area (Å²) in [5, 5.41) is 14.0. The van der Waals surface area contributed by atoms with E-state index < -0.39 is 23.4 Å². The molecule has 1 rings (SSSR count). The number of aromatic carboxylic acids is 1. The summed E-state index contributed by atoms with van der Waals surface area (Å²) in [6.45, 7) is 3.86. The van der Waals surface area contributed by atoms with Gasteiger partial charge in [-0.1, -0.05) is 19.9 Å². The number of hydrogen-bond acceptors (Lipinski definition) is 2. The number of carbonyl (C=O) groups excluding carboxylic acids is 1. The van der Waals surface area contributed by atoms with E-state index in [2.05, 4.69) is 10.6 Å². The molecule has 0 bridgehead atoms. The Balaban J connectivity index is 2.85. The fourth-order valence-electron chi connectivity index (χ4n) is 1.68. The number of carboxylic acids is 1. The highest BCUT2D eigenvalue weighted by Gasteiger charge is 2.17. The highest BCUT2D eigenvalue weighted by molar-refractivity contribution is 6.00. The van der Waals surface area contributed by atoms with E-state index in [0.29, 0.717) is 0 Å². The van der Waals surface area contributed by atoms with E-state index in [4.69, 9.17) is 5.11 Å². The van der Waals surface area contributed by atoms with Gasteiger partial charge in [0, 0.05) is 6.04 Å². The molecule has 104 valence electrons. The molecular weight excluding hydrogens is 251 g/mol. The van der Waals surface area contributed by atoms with Gasteiger partial charge in [-0.2, -0.15) is 0 Å². The summed E-state index contributed by atoms with van der Waals surface area (Å²) < 4.78 is 13.4. The Morgan fingerprint density at radius 2 is 1.95 bits per heavy atom. The van der Waals surface area contributed by atoms with Gasteiger partial charge in [0.1, 0.15) is 11.4 Å². The van der Waals surface area contributed by atoms with Crippen LogP contribution < -0.4 is 10.6 Å². The van der Waals surface area contributed by atoms with Gasteiger partial charge in [0.25, 0.3) is 0 Å². The molecule has 0 aliphatic heterocycles. The van der Waals surface area contributed by atoms with Crippen molar-refractivity contribution in [2.75, 3.05) is 5.32 Å². The van der Waals surface area contributed by atoms with Crippen LogP contribution in [0.2, 0.25) is 0 Å². The lowest BCUT2D eigenvalue weighted by atomic mass is 10.1. The molecule has 0 saturated heterocycles. The number of carbonyl (C=O) groups is 2. The molecule has 1 aromatic carbocycles. The zero-order valence-corrected chi connectivity index (χ0v) is 10.9. The number of urea groups is 1. The van der Waals surface area contributed by atoms with Gasteiger partial charge in [-0.25, -0.2) is 14.0 Å². The molecule has 0 saturated carbocycles. The third-order valence-corrected chi connectivity index (χ3v) is 2.80. The summed E-state index contributed by atoms with van der Waals surface area (Å²) in [6, 6.07) is 3.18. The maximum Gasteiger partial charge on any atom is 0.340 e. The van der Waals surface area contributed by atoms with Crippen molar-refractivity contribution in [1.29, 1.82) is 0 Å². The molecule has 5 nitrogen and oxygen atoms in total. The molecule has 1 aromatic rings. The fourth-order valence-corrected chi connectivity index (χ4v) is 1.68. The number of amides is 2. The normalized spacial score (nSPS) is 10.3. The van der Waals surface area contributed by atoms with Crippen LogP contribution in [-0.2, 0) is 0 Å². The van der Waals surface area contributed by atoms with Crippen molar-refractivity contribution in [2.24, 2.45) is 0 Å². The van der Waals surface area contributed by atoms with Crippen molar-refractivity contribution < 1.29 is 19.1 Å². The average molecular weight is 268 g/mol. The molecule has 0 atom stereocenters. The van der Waals surface area contributed by atoms with Crippen LogP contribution in [-0.4, -0.2) is 23.1 Å². The van der Waals surface area contributed by atoms with Crippen LogP contribution >= 0.6 is 0 Å². The SMILES string of the molecule is CCC(CC)NC(=O)Nc1cccc(F)c1C(=O)O. The van der Waals surface area contributed by atoms with Gasteiger partial charge in [-0.3, -0.25) is 0 Å². The average Bonchev–Trinajstić information content (AvgIpc) is 2.35. The molecule has 0 radical (unpaired) electrons. The summed E-state index contributed by atoms with van der Waals surface area (Å²) in [7, 11) is 0. The molecule has 0 aliphatic rings. The Kier molecular flexibility index (Phi) is 5.29. The molecule has 0 aliphatic carbocycles. The van der Waals surface area contributed by atoms with Crippen LogP contribution in [0.3, 0.4) is 0 Å². The summed E-state index contributed by atoms with van der Waals surface area (Å²) in [5.41, 5.74) is -0.599. The van der Waals surface area contributed by atoms with Gasteiger partial charge in [-0.05, 0) is 25.0 Å². The van der Waals surface area contributed by atoms with E-state index in [-0.39, 0.29) is 11.7 Å². The first kappa shape index (κ1) is 14.9. The summed E-state index contributed by atoms with van der Waals surface area (Å²) in [6.07, 6.45) is 1.53. The number of anilines is 1. The predicted octanol–water partition coefficient (Wildman–Crippen LogP) is 2.83. The monoisotopic (exact) mass is 268 g/mol. The van der Waals surface area contributed by atoms with Gasteiger partial charge in [-0.15, -0.1) is 0 Å². The summed E-state index contributed by atoms with van der Waals surface area (Å²) in [4.78, 5) is 22.6. The predicted molar refractivity (Wildman–Crippen MR) is 69.9 cm³/mol. The second kappa shape index (κ2) is 6.72. The first-order valence-electron chi connectivity index (χ1n) is 6.08. The largest absolute Gasteiger partial charge is 0.478 e. The van der Waals surface area contributed by atoms with Crippen molar-refractivity contribution in [3.8, 4) is 0 Å². The Bertz CT molecular complexity index is 473. The molecule has 0 aromatic heterocycles. The first-order chi connectivity index (χ1) is 8.99. The number of benzene rings is 1. The van der Waals surface area contributed by atoms with Gasteiger partial charge in [0.2, 0.25) is 0 Å². The molecule has 0 heterocycles. The quantitative estimate of drug-likeness (QED) is 0.768. The number of rotatable bonds is 5. The van der Waals surface area contributed by atoms with E-state index in [1.165, 1.54) is 12.1 Å². The number of carboxylic acid groups (broad SMARTS) is 1. The van der Waals surface area contributed by atoms with Crippen molar-refractivity contribution >= 4 is 17.7 Å². The lowest BCUT2D eigenvalue weighted by Gasteiger charge is -2.16. The maximum absolute atomic E-state index is 13.4. The Morgan fingerprint density at radius 3 is 2.47 bits per heavy atom. The maximum atomic E-state index is 13.4. The van der Waals surface area contributed by atoms with Crippen LogP contribution in [0.4, 0.5) is 14.9 Å². The van der Waals surface area contributed by atoms with Gasteiger partial charge in [0.05, 0.1) is 5.69 Å². The van der Waals surface area contributed by atoms with Crippen LogP contribution in [0.25, 0.3) is 0 Å². The third kappa shape index (κ3) is 3.94. The van der Waals surface area contributed by atoms with Crippen molar-refractivity contribution in [2.45, 2.75) is 32.7 Å². The van der Waals surface area contributed by atoms with E-state index in [9.17, 15) is 14.0 Å². The number of nitrogens with one attached hydrogen (secondary N) is 2. The second-order valence-corrected chi connectivity index (χ2v) is 4.08. The Hall–Kier alpha value is -2.11. The number of hydrogen-bond donors (Lipinski definition) is 3. The van der Waals surface area contributed by atoms with Gasteiger partial charge < -0.3 is 15.7 Å². The standard InChI is InChI=1S/C13H17FN2O3/c1-3-8(4-2)15-13(19)16-10-7-5-6-9(14)11(10)12(17)18/h5-8H,3-4H2,1-2H3,(H,17,18)(H2,15,16,19). The van der Waals surface area contributed by atoms with Crippen molar-refractivity contribution in [3.05, 3.63) is 29.6 Å². The molecule has 6 heteroatoms. The lowest BCUT2D eigenvalue weighted by molar-refractivity contribution is 0.0693. The van der Waals surface area contributed by atoms with Crippen LogP contribution in [0.15, 0.2) is 18.2 Å². The summed E-state index contributed by atoms with van der Waals surface area (Å²) in [5.74, 6) is -2.30. The topological polar surface area (TPSA) is 78.4 Å². The number of halogens is 1. The second-order valence-electron chi connectivity index (χ2n) is 4.08. The molecule has 3 N–H and O–H groups in total. The minimum Gasteiger partial charge on any atom is -0.478 e. The molecule has 0 spiro atoms. The highest BCUT2D eigenvalue weighted by atomic mass is 19.1. The zero-order valence-electron chi connectivity index (χ0n) is 10.9. The van der Waals surface area contributed by atoms with Crippen LogP contribution in [0.1, 0.15) is 37.0 Å². The van der Waals surface area contributed by atoms with E-state index in [0.717, 1.165) is 18.9 Å². The molecule has 19 heavy (non-hydrogen) atoms. The Morgan fingerprint density at radius 1 is 1.32 bits per heavy atom. The van der Waals surface area contributed by atoms with Crippen molar-refractivity contribution in [1.82, 2.24) is 5.32 Å². The lowest BCUT2D eigenvalue weighted by Crippen LogP contribution is -2.37. The molecular formula is C13H17FN2O3. The smallest absolute Gasteiger partial charge is 0.340 e. The Labute approximate surface area is 110 Å². The first-order valence-corrected chi connectivity index (χ1v) is 6.08. The third-order valence-electron chi connectivity index (χ3n) is 2.80. The fraction of sp³-hybridized carbons (Fsp3) is 0.385. The minimum absolute atomic E-state index is 0.00170. The zero-order chi connectivity index (χ0) is 14.4. The van der Waals surface area contributed by atoms with E-state index in [1.807, 2.05) is 13.8 Å². The van der Waals surface area contributed by atoms with Crippen molar-refractivity contribution in [3.63, 3.8) is 0 Å².